The molecule has 0 N–H and O–H groups in total. The van der Waals surface area contributed by atoms with Crippen LogP contribution < -0.4 is 0 Å². The zero-order chi connectivity index (χ0) is 20.9. The summed E-state index contributed by atoms with van der Waals surface area (Å²) in [6, 6.07) is 14.5. The van der Waals surface area contributed by atoms with Crippen molar-refractivity contribution < 1.29 is 4.79 Å². The van der Waals surface area contributed by atoms with E-state index in [2.05, 4.69) is 45.5 Å². The summed E-state index contributed by atoms with van der Waals surface area (Å²) < 4.78 is 0. The van der Waals surface area contributed by atoms with Gasteiger partial charge in [-0.05, 0) is 56.7 Å². The molecule has 4 rings (SSSR count). The van der Waals surface area contributed by atoms with E-state index < -0.39 is 0 Å². The molecule has 1 aliphatic rings. The molecule has 5 nitrogen and oxygen atoms in total. The lowest BCUT2D eigenvalue weighted by Gasteiger charge is -2.32. The Morgan fingerprint density at radius 3 is 2.50 bits per heavy atom. The number of hydrogen-bond acceptors (Lipinski definition) is 6. The molecule has 1 amide bonds. The van der Waals surface area contributed by atoms with Gasteiger partial charge in [-0.15, -0.1) is 21.5 Å². The Kier molecular flexibility index (Phi) is 6.79. The van der Waals surface area contributed by atoms with Crippen molar-refractivity contribution in [3.8, 4) is 10.6 Å². The predicted molar refractivity (Wildman–Crippen MR) is 123 cm³/mol. The fourth-order valence-electron chi connectivity index (χ4n) is 3.85. The minimum absolute atomic E-state index is 0.193. The summed E-state index contributed by atoms with van der Waals surface area (Å²) in [6.45, 7) is 5.69. The zero-order valence-corrected chi connectivity index (χ0v) is 19.0. The number of piperidine rings is 1. The largest absolute Gasteiger partial charge is 0.342 e. The highest BCUT2D eigenvalue weighted by molar-refractivity contribution is 7.99. The summed E-state index contributed by atoms with van der Waals surface area (Å²) in [5.41, 5.74) is 3.22. The van der Waals surface area contributed by atoms with Crippen molar-refractivity contribution in [2.75, 3.05) is 18.8 Å². The van der Waals surface area contributed by atoms with Gasteiger partial charge in [-0.3, -0.25) is 4.79 Å². The number of amides is 1. The van der Waals surface area contributed by atoms with Crippen molar-refractivity contribution in [2.45, 2.75) is 38.1 Å². The molecular formula is C23H26N4OS2. The van der Waals surface area contributed by atoms with Gasteiger partial charge in [-0.1, -0.05) is 42.1 Å². The van der Waals surface area contributed by atoms with Gasteiger partial charge in [0.1, 0.15) is 10.7 Å². The molecule has 1 aromatic carbocycles. The fourth-order valence-corrected chi connectivity index (χ4v) is 5.45. The summed E-state index contributed by atoms with van der Waals surface area (Å²) in [5, 5.41) is 10.5. The van der Waals surface area contributed by atoms with Crippen LogP contribution in [0.5, 0.6) is 0 Å². The number of aryl methyl sites for hydroxylation is 2. The maximum Gasteiger partial charge on any atom is 0.232 e. The molecule has 30 heavy (non-hydrogen) atoms. The van der Waals surface area contributed by atoms with Crippen LogP contribution in [0.3, 0.4) is 0 Å². The molecule has 0 unspecified atom stereocenters. The third-order valence-corrected chi connectivity index (χ3v) is 7.45. The molecule has 2 aromatic heterocycles. The number of aromatic nitrogens is 3. The third kappa shape index (κ3) is 5.26. The van der Waals surface area contributed by atoms with E-state index in [0.29, 0.717) is 11.7 Å². The van der Waals surface area contributed by atoms with Crippen molar-refractivity contribution in [1.29, 1.82) is 0 Å². The standard InChI is InChI=1S/C23H26N4OS2/c1-16-23(30-17(2)24-16)20-8-9-21(26-25-20)29-15-22(28)27-12-10-19(11-13-27)14-18-6-4-3-5-7-18/h3-9,19H,10-15H2,1-2H3. The molecular weight excluding hydrogens is 412 g/mol. The van der Waals surface area contributed by atoms with E-state index in [1.165, 1.54) is 17.3 Å². The van der Waals surface area contributed by atoms with Gasteiger partial charge in [0.15, 0.2) is 0 Å². The van der Waals surface area contributed by atoms with Crippen LogP contribution >= 0.6 is 23.1 Å². The molecule has 0 atom stereocenters. The van der Waals surface area contributed by atoms with Crippen molar-refractivity contribution in [2.24, 2.45) is 5.92 Å². The van der Waals surface area contributed by atoms with E-state index in [9.17, 15) is 4.79 Å². The van der Waals surface area contributed by atoms with Crippen molar-refractivity contribution in [3.63, 3.8) is 0 Å². The number of carbonyl (C=O) groups is 1. The molecule has 156 valence electrons. The van der Waals surface area contributed by atoms with Gasteiger partial charge in [0.25, 0.3) is 0 Å². The Balaban J connectivity index is 1.24. The zero-order valence-electron chi connectivity index (χ0n) is 17.4. The van der Waals surface area contributed by atoms with Gasteiger partial charge in [-0.25, -0.2) is 4.98 Å². The molecule has 1 saturated heterocycles. The van der Waals surface area contributed by atoms with Crippen molar-refractivity contribution in [1.82, 2.24) is 20.1 Å². The molecule has 7 heteroatoms. The number of thioether (sulfide) groups is 1. The van der Waals surface area contributed by atoms with Gasteiger partial charge in [0.05, 0.1) is 21.3 Å². The highest BCUT2D eigenvalue weighted by atomic mass is 32.2. The maximum absolute atomic E-state index is 12.6. The lowest BCUT2D eigenvalue weighted by molar-refractivity contribution is -0.129. The number of benzene rings is 1. The lowest BCUT2D eigenvalue weighted by Crippen LogP contribution is -2.39. The normalized spacial score (nSPS) is 14.8. The van der Waals surface area contributed by atoms with Gasteiger partial charge < -0.3 is 4.90 Å². The van der Waals surface area contributed by atoms with Crippen LogP contribution in [-0.4, -0.2) is 44.8 Å². The number of thiazole rings is 1. The Morgan fingerprint density at radius 2 is 1.87 bits per heavy atom. The molecule has 1 fully saturated rings. The molecule has 0 saturated carbocycles. The Labute approximate surface area is 186 Å². The van der Waals surface area contributed by atoms with E-state index in [4.69, 9.17) is 0 Å². The van der Waals surface area contributed by atoms with Crippen molar-refractivity contribution in [3.05, 3.63) is 58.7 Å². The van der Waals surface area contributed by atoms with Crippen LogP contribution in [0.1, 0.15) is 29.1 Å². The first-order valence-electron chi connectivity index (χ1n) is 10.3. The summed E-state index contributed by atoms with van der Waals surface area (Å²) >= 11 is 3.09. The smallest absolute Gasteiger partial charge is 0.232 e. The van der Waals surface area contributed by atoms with E-state index in [0.717, 1.165) is 58.7 Å². The van der Waals surface area contributed by atoms with E-state index >= 15 is 0 Å². The SMILES string of the molecule is Cc1nc(C)c(-c2ccc(SCC(=O)N3CCC(Cc4ccccc4)CC3)nn2)s1. The topological polar surface area (TPSA) is 59.0 Å². The van der Waals surface area contributed by atoms with E-state index in [-0.39, 0.29) is 5.91 Å². The Hall–Kier alpha value is -2.25. The van der Waals surface area contributed by atoms with Crippen molar-refractivity contribution >= 4 is 29.0 Å². The van der Waals surface area contributed by atoms with Crippen LogP contribution in [0.25, 0.3) is 10.6 Å². The third-order valence-electron chi connectivity index (χ3n) is 5.45. The average molecular weight is 439 g/mol. The first-order valence-corrected chi connectivity index (χ1v) is 12.1. The highest BCUT2D eigenvalue weighted by Gasteiger charge is 2.23. The molecule has 3 heterocycles. The Morgan fingerprint density at radius 1 is 1.10 bits per heavy atom. The monoisotopic (exact) mass is 438 g/mol. The Bertz CT molecular complexity index is 980. The quantitative estimate of drug-likeness (QED) is 0.518. The number of hydrogen-bond donors (Lipinski definition) is 0. The van der Waals surface area contributed by atoms with Crippen LogP contribution in [0.4, 0.5) is 0 Å². The lowest BCUT2D eigenvalue weighted by atomic mass is 9.90. The molecule has 3 aromatic rings. The second-order valence-corrected chi connectivity index (χ2v) is 9.91. The number of nitrogens with zero attached hydrogens (tertiary/aromatic N) is 4. The minimum atomic E-state index is 0.193. The number of likely N-dealkylation sites (tertiary alicyclic amines) is 1. The maximum atomic E-state index is 12.6. The number of carbonyl (C=O) groups excluding carboxylic acids is 1. The average Bonchev–Trinajstić information content (AvgIpc) is 3.11. The molecule has 0 bridgehead atoms. The second kappa shape index (κ2) is 9.71. The summed E-state index contributed by atoms with van der Waals surface area (Å²) in [6.07, 6.45) is 3.26. The highest BCUT2D eigenvalue weighted by Crippen LogP contribution is 2.29. The predicted octanol–water partition coefficient (Wildman–Crippen LogP) is 4.79. The van der Waals surface area contributed by atoms with Gasteiger partial charge >= 0.3 is 0 Å². The van der Waals surface area contributed by atoms with E-state index in [1.807, 2.05) is 30.9 Å². The van der Waals surface area contributed by atoms with Gasteiger partial charge in [0, 0.05) is 13.1 Å². The van der Waals surface area contributed by atoms with Gasteiger partial charge in [-0.2, -0.15) is 0 Å². The fraction of sp³-hybridized carbons (Fsp3) is 0.391. The van der Waals surface area contributed by atoms with E-state index in [1.54, 1.807) is 11.3 Å². The molecule has 1 aliphatic heterocycles. The number of rotatable bonds is 6. The second-order valence-electron chi connectivity index (χ2n) is 7.71. The molecule has 0 spiro atoms. The minimum Gasteiger partial charge on any atom is -0.342 e. The van der Waals surface area contributed by atoms with Crippen LogP contribution in [0.15, 0.2) is 47.5 Å². The first kappa shape index (κ1) is 21.0. The van der Waals surface area contributed by atoms with Gasteiger partial charge in [0.2, 0.25) is 5.91 Å². The molecule has 0 aliphatic carbocycles. The first-order chi connectivity index (χ1) is 14.6. The van der Waals surface area contributed by atoms with Crippen LogP contribution in [-0.2, 0) is 11.2 Å². The summed E-state index contributed by atoms with van der Waals surface area (Å²) in [7, 11) is 0. The summed E-state index contributed by atoms with van der Waals surface area (Å²) in [5.74, 6) is 1.27. The summed E-state index contributed by atoms with van der Waals surface area (Å²) in [4.78, 5) is 20.1. The molecule has 0 radical (unpaired) electrons. The van der Waals surface area contributed by atoms with Crippen LogP contribution in [0, 0.1) is 19.8 Å². The van der Waals surface area contributed by atoms with Crippen LogP contribution in [0.2, 0.25) is 0 Å².